The normalized spacial score (nSPS) is 11.0. The SMILES string of the molecule is Cc1cc([N+](=O)[O-])ccc1N(CCC(=O)O)S(=O)(=O)c1ccccc1[N+](=O)[O-]. The van der Waals surface area contributed by atoms with E-state index in [0.29, 0.717) is 4.31 Å². The standard InChI is InChI=1S/C16H15N3O8S/c1-11-10-12(18(22)23)6-7-13(11)17(9-8-16(20)21)28(26,27)15-5-3-2-4-14(15)19(24)25/h2-7,10H,8-9H2,1H3,(H,20,21). The number of carboxylic acids is 1. The molecule has 2 rings (SSSR count). The minimum absolute atomic E-state index is 0.00926. The molecule has 148 valence electrons. The van der Waals surface area contributed by atoms with Crippen molar-refractivity contribution >= 4 is 33.1 Å². The van der Waals surface area contributed by atoms with E-state index in [1.54, 1.807) is 0 Å². The van der Waals surface area contributed by atoms with E-state index in [1.165, 1.54) is 25.1 Å². The fourth-order valence-electron chi connectivity index (χ4n) is 2.55. The van der Waals surface area contributed by atoms with E-state index >= 15 is 0 Å². The van der Waals surface area contributed by atoms with Gasteiger partial charge in [-0.1, -0.05) is 12.1 Å². The Labute approximate surface area is 159 Å². The van der Waals surface area contributed by atoms with Crippen LogP contribution in [0, 0.1) is 27.2 Å². The Morgan fingerprint density at radius 3 is 2.29 bits per heavy atom. The Bertz CT molecular complexity index is 1050. The molecule has 0 heterocycles. The van der Waals surface area contributed by atoms with Gasteiger partial charge in [-0.2, -0.15) is 0 Å². The van der Waals surface area contributed by atoms with E-state index in [1.807, 2.05) is 0 Å². The van der Waals surface area contributed by atoms with Crippen LogP contribution in [0.3, 0.4) is 0 Å². The second-order valence-electron chi connectivity index (χ2n) is 5.67. The van der Waals surface area contributed by atoms with Gasteiger partial charge in [-0.15, -0.1) is 0 Å². The van der Waals surface area contributed by atoms with Gasteiger partial charge < -0.3 is 5.11 Å². The number of nitrogens with zero attached hydrogens (tertiary/aromatic N) is 3. The summed E-state index contributed by atoms with van der Waals surface area (Å²) in [5, 5.41) is 31.1. The van der Waals surface area contributed by atoms with Crippen molar-refractivity contribution in [3.63, 3.8) is 0 Å². The van der Waals surface area contributed by atoms with Gasteiger partial charge in [0.1, 0.15) is 0 Å². The molecule has 2 aromatic carbocycles. The average molecular weight is 409 g/mol. The fraction of sp³-hybridized carbons (Fsp3) is 0.188. The van der Waals surface area contributed by atoms with Crippen LogP contribution in [0.25, 0.3) is 0 Å². The number of sulfonamides is 1. The summed E-state index contributed by atoms with van der Waals surface area (Å²) in [6.45, 7) is 0.910. The van der Waals surface area contributed by atoms with Crippen molar-refractivity contribution in [3.05, 3.63) is 68.3 Å². The Morgan fingerprint density at radius 1 is 1.11 bits per heavy atom. The number of hydrogen-bond acceptors (Lipinski definition) is 7. The lowest BCUT2D eigenvalue weighted by atomic mass is 10.2. The number of benzene rings is 2. The maximum absolute atomic E-state index is 13.1. The minimum Gasteiger partial charge on any atom is -0.481 e. The highest BCUT2D eigenvalue weighted by molar-refractivity contribution is 7.93. The van der Waals surface area contributed by atoms with Crippen LogP contribution in [0.5, 0.6) is 0 Å². The number of hydrogen-bond donors (Lipinski definition) is 1. The van der Waals surface area contributed by atoms with Gasteiger partial charge in [-0.25, -0.2) is 8.42 Å². The predicted molar refractivity (Wildman–Crippen MR) is 97.7 cm³/mol. The smallest absolute Gasteiger partial charge is 0.305 e. The maximum atomic E-state index is 13.1. The Balaban J connectivity index is 2.65. The molecule has 2 aromatic rings. The molecule has 0 saturated heterocycles. The van der Waals surface area contributed by atoms with Gasteiger partial charge in [0.2, 0.25) is 0 Å². The molecule has 0 aliphatic heterocycles. The number of non-ortho nitro benzene ring substituents is 1. The lowest BCUT2D eigenvalue weighted by Crippen LogP contribution is -2.34. The molecule has 0 fully saturated rings. The molecule has 0 spiro atoms. The molecule has 0 bridgehead atoms. The van der Waals surface area contributed by atoms with Gasteiger partial charge >= 0.3 is 5.97 Å². The van der Waals surface area contributed by atoms with Crippen molar-refractivity contribution in [3.8, 4) is 0 Å². The zero-order valence-corrected chi connectivity index (χ0v) is 15.3. The molecule has 0 aliphatic carbocycles. The summed E-state index contributed by atoms with van der Waals surface area (Å²) >= 11 is 0. The minimum atomic E-state index is -4.52. The number of anilines is 1. The van der Waals surface area contributed by atoms with Crippen molar-refractivity contribution in [2.75, 3.05) is 10.8 Å². The molecule has 28 heavy (non-hydrogen) atoms. The van der Waals surface area contributed by atoms with Crippen LogP contribution in [0.4, 0.5) is 17.1 Å². The zero-order chi connectivity index (χ0) is 21.1. The third-order valence-electron chi connectivity index (χ3n) is 3.82. The molecular formula is C16H15N3O8S. The second kappa shape index (κ2) is 8.00. The van der Waals surface area contributed by atoms with Crippen molar-refractivity contribution < 1.29 is 28.2 Å². The Morgan fingerprint density at radius 2 is 1.75 bits per heavy atom. The summed E-state index contributed by atoms with van der Waals surface area (Å²) in [5.41, 5.74) is -0.753. The number of rotatable bonds is 8. The summed E-state index contributed by atoms with van der Waals surface area (Å²) in [6, 6.07) is 8.05. The molecule has 11 nitrogen and oxygen atoms in total. The predicted octanol–water partition coefficient (Wildman–Crippen LogP) is 2.48. The van der Waals surface area contributed by atoms with Crippen molar-refractivity contribution in [1.82, 2.24) is 0 Å². The van der Waals surface area contributed by atoms with E-state index in [0.717, 1.165) is 24.3 Å². The molecule has 0 saturated carbocycles. The van der Waals surface area contributed by atoms with Crippen LogP contribution in [-0.2, 0) is 14.8 Å². The first-order chi connectivity index (χ1) is 13.1. The lowest BCUT2D eigenvalue weighted by Gasteiger charge is -2.25. The van der Waals surface area contributed by atoms with Crippen LogP contribution in [0.15, 0.2) is 47.4 Å². The molecule has 0 aliphatic rings. The quantitative estimate of drug-likeness (QED) is 0.513. The number of aliphatic carboxylic acids is 1. The molecule has 0 amide bonds. The zero-order valence-electron chi connectivity index (χ0n) is 14.5. The summed E-state index contributed by atoms with van der Waals surface area (Å²) in [5.74, 6) is -1.28. The van der Waals surface area contributed by atoms with Gasteiger partial charge in [-0.05, 0) is 24.6 Å². The van der Waals surface area contributed by atoms with Crippen LogP contribution in [0.2, 0.25) is 0 Å². The number of carbonyl (C=O) groups is 1. The number of aryl methyl sites for hydroxylation is 1. The van der Waals surface area contributed by atoms with Crippen LogP contribution >= 0.6 is 0 Å². The number of nitro benzene ring substituents is 2. The second-order valence-corrected chi connectivity index (χ2v) is 7.50. The molecule has 1 N–H and O–H groups in total. The molecular weight excluding hydrogens is 394 g/mol. The first kappa shape index (κ1) is 20.8. The summed E-state index contributed by atoms with van der Waals surface area (Å²) < 4.78 is 27.0. The van der Waals surface area contributed by atoms with E-state index in [2.05, 4.69) is 0 Å². The average Bonchev–Trinajstić information content (AvgIpc) is 2.62. The van der Waals surface area contributed by atoms with Gasteiger partial charge in [0.05, 0.1) is 22.0 Å². The molecule has 0 aromatic heterocycles. The molecule has 0 unspecified atom stereocenters. The van der Waals surface area contributed by atoms with E-state index in [9.17, 15) is 33.4 Å². The topological polar surface area (TPSA) is 161 Å². The first-order valence-corrected chi connectivity index (χ1v) is 9.22. The number of nitro groups is 2. The van der Waals surface area contributed by atoms with Crippen molar-refractivity contribution in [1.29, 1.82) is 0 Å². The van der Waals surface area contributed by atoms with Crippen molar-refractivity contribution in [2.45, 2.75) is 18.2 Å². The maximum Gasteiger partial charge on any atom is 0.305 e. The van der Waals surface area contributed by atoms with Gasteiger partial charge in [0.15, 0.2) is 4.90 Å². The van der Waals surface area contributed by atoms with Crippen LogP contribution < -0.4 is 4.31 Å². The number of carboxylic acid groups (broad SMARTS) is 1. The van der Waals surface area contributed by atoms with E-state index in [-0.39, 0.29) is 16.9 Å². The van der Waals surface area contributed by atoms with Gasteiger partial charge in [-0.3, -0.25) is 29.3 Å². The largest absolute Gasteiger partial charge is 0.481 e. The number of para-hydroxylation sites is 1. The third kappa shape index (κ3) is 4.23. The summed E-state index contributed by atoms with van der Waals surface area (Å²) in [4.78, 5) is 31.0. The monoisotopic (exact) mass is 409 g/mol. The van der Waals surface area contributed by atoms with Crippen LogP contribution in [-0.4, -0.2) is 35.9 Å². The summed E-state index contributed by atoms with van der Waals surface area (Å²) in [7, 11) is -4.52. The van der Waals surface area contributed by atoms with Crippen molar-refractivity contribution in [2.24, 2.45) is 0 Å². The highest BCUT2D eigenvalue weighted by atomic mass is 32.2. The molecule has 0 atom stereocenters. The summed E-state index contributed by atoms with van der Waals surface area (Å²) in [6.07, 6.45) is -0.573. The Hall–Kier alpha value is -3.54. The molecule has 0 radical (unpaired) electrons. The third-order valence-corrected chi connectivity index (χ3v) is 5.68. The first-order valence-electron chi connectivity index (χ1n) is 7.78. The van der Waals surface area contributed by atoms with Crippen LogP contribution in [0.1, 0.15) is 12.0 Å². The van der Waals surface area contributed by atoms with Gasteiger partial charge in [0, 0.05) is 24.7 Å². The Kier molecular flexibility index (Phi) is 5.93. The lowest BCUT2D eigenvalue weighted by molar-refractivity contribution is -0.387. The van der Waals surface area contributed by atoms with E-state index < -0.39 is 49.4 Å². The molecule has 12 heteroatoms. The fourth-order valence-corrected chi connectivity index (χ4v) is 4.24. The highest BCUT2D eigenvalue weighted by Gasteiger charge is 2.33. The van der Waals surface area contributed by atoms with E-state index in [4.69, 9.17) is 5.11 Å². The van der Waals surface area contributed by atoms with Gasteiger partial charge in [0.25, 0.3) is 21.4 Å². The highest BCUT2D eigenvalue weighted by Crippen LogP contribution is 2.33.